The van der Waals surface area contributed by atoms with Gasteiger partial charge in [0.15, 0.2) is 0 Å². The Hall–Kier alpha value is -1.79. The Morgan fingerprint density at radius 2 is 1.86 bits per heavy atom. The van der Waals surface area contributed by atoms with Gasteiger partial charge < -0.3 is 20.2 Å². The van der Waals surface area contributed by atoms with Crippen molar-refractivity contribution in [3.8, 4) is 0 Å². The van der Waals surface area contributed by atoms with E-state index < -0.39 is 18.0 Å². The van der Waals surface area contributed by atoms with Crippen LogP contribution in [0.2, 0.25) is 0 Å². The van der Waals surface area contributed by atoms with Gasteiger partial charge in [0.1, 0.15) is 6.04 Å². The fourth-order valence-electron chi connectivity index (χ4n) is 2.55. The Morgan fingerprint density at radius 1 is 1.19 bits per heavy atom. The van der Waals surface area contributed by atoms with E-state index in [1.54, 1.807) is 4.90 Å². The summed E-state index contributed by atoms with van der Waals surface area (Å²) in [6.07, 6.45) is 2.99. The van der Waals surface area contributed by atoms with Crippen molar-refractivity contribution in [3.63, 3.8) is 0 Å². The van der Waals surface area contributed by atoms with Crippen LogP contribution in [0.4, 0.5) is 4.79 Å². The molecule has 1 heterocycles. The Balaban J connectivity index is 2.59. The third kappa shape index (κ3) is 4.91. The second-order valence-electron chi connectivity index (χ2n) is 5.12. The third-order valence-corrected chi connectivity index (χ3v) is 3.81. The summed E-state index contributed by atoms with van der Waals surface area (Å²) in [7, 11) is 0. The van der Waals surface area contributed by atoms with Crippen molar-refractivity contribution in [3.05, 3.63) is 0 Å². The first-order valence-corrected chi connectivity index (χ1v) is 7.56. The standard InChI is InChI=1S/C14H25N3O4/c1-3-16(4-2)12(18)10-15-14(21)17-9-7-5-6-8-11(17)13(19)20/h11H,3-10H2,1-2H3,(H,15,21)(H,19,20). The summed E-state index contributed by atoms with van der Waals surface area (Å²) in [5, 5.41) is 11.8. The minimum Gasteiger partial charge on any atom is -0.480 e. The normalized spacial score (nSPS) is 18.8. The van der Waals surface area contributed by atoms with Crippen molar-refractivity contribution < 1.29 is 19.5 Å². The molecule has 0 aromatic rings. The molecule has 3 amide bonds. The monoisotopic (exact) mass is 299 g/mol. The van der Waals surface area contributed by atoms with E-state index in [4.69, 9.17) is 0 Å². The molecule has 0 aromatic heterocycles. The van der Waals surface area contributed by atoms with E-state index in [0.717, 1.165) is 19.3 Å². The molecule has 0 aromatic carbocycles. The molecular weight excluding hydrogens is 274 g/mol. The van der Waals surface area contributed by atoms with E-state index in [2.05, 4.69) is 5.32 Å². The number of likely N-dealkylation sites (N-methyl/N-ethyl adjacent to an activating group) is 1. The van der Waals surface area contributed by atoms with Crippen molar-refractivity contribution >= 4 is 17.9 Å². The van der Waals surface area contributed by atoms with Gasteiger partial charge in [-0.25, -0.2) is 9.59 Å². The number of hydrogen-bond donors (Lipinski definition) is 2. The van der Waals surface area contributed by atoms with Crippen molar-refractivity contribution in [2.45, 2.75) is 45.6 Å². The molecule has 1 aliphatic heterocycles. The number of carboxylic acids is 1. The fourth-order valence-corrected chi connectivity index (χ4v) is 2.55. The maximum atomic E-state index is 12.2. The topological polar surface area (TPSA) is 90.0 Å². The molecule has 1 rings (SSSR count). The smallest absolute Gasteiger partial charge is 0.326 e. The van der Waals surface area contributed by atoms with E-state index in [0.29, 0.717) is 26.1 Å². The van der Waals surface area contributed by atoms with Crippen LogP contribution < -0.4 is 5.32 Å². The maximum Gasteiger partial charge on any atom is 0.326 e. The van der Waals surface area contributed by atoms with E-state index in [1.165, 1.54) is 4.90 Å². The van der Waals surface area contributed by atoms with Crippen LogP contribution in [0, 0.1) is 0 Å². The number of hydrogen-bond acceptors (Lipinski definition) is 3. The summed E-state index contributed by atoms with van der Waals surface area (Å²) in [5.74, 6) is -1.14. The lowest BCUT2D eigenvalue weighted by molar-refractivity contribution is -0.142. The number of carbonyl (C=O) groups excluding carboxylic acids is 2. The van der Waals surface area contributed by atoms with Gasteiger partial charge in [0.2, 0.25) is 5.91 Å². The maximum absolute atomic E-state index is 12.2. The molecule has 21 heavy (non-hydrogen) atoms. The zero-order valence-corrected chi connectivity index (χ0v) is 12.8. The molecular formula is C14H25N3O4. The lowest BCUT2D eigenvalue weighted by Gasteiger charge is -2.27. The SMILES string of the molecule is CCN(CC)C(=O)CNC(=O)N1CCCCCC1C(=O)O. The van der Waals surface area contributed by atoms with Gasteiger partial charge in [-0.3, -0.25) is 4.79 Å². The van der Waals surface area contributed by atoms with Gasteiger partial charge in [-0.05, 0) is 26.7 Å². The molecule has 0 radical (unpaired) electrons. The molecule has 7 heteroatoms. The van der Waals surface area contributed by atoms with Crippen LogP contribution in [0.25, 0.3) is 0 Å². The molecule has 0 bridgehead atoms. The highest BCUT2D eigenvalue weighted by Gasteiger charge is 2.30. The number of urea groups is 1. The fraction of sp³-hybridized carbons (Fsp3) is 0.786. The lowest BCUT2D eigenvalue weighted by atomic mass is 10.1. The summed E-state index contributed by atoms with van der Waals surface area (Å²) in [6.45, 7) is 5.25. The van der Waals surface area contributed by atoms with Gasteiger partial charge >= 0.3 is 12.0 Å². The summed E-state index contributed by atoms with van der Waals surface area (Å²) in [5.41, 5.74) is 0. The van der Waals surface area contributed by atoms with Crippen LogP contribution in [-0.2, 0) is 9.59 Å². The van der Waals surface area contributed by atoms with E-state index in [1.807, 2.05) is 13.8 Å². The zero-order chi connectivity index (χ0) is 15.8. The van der Waals surface area contributed by atoms with Crippen LogP contribution in [0.15, 0.2) is 0 Å². The molecule has 2 N–H and O–H groups in total. The second-order valence-corrected chi connectivity index (χ2v) is 5.12. The van der Waals surface area contributed by atoms with Gasteiger partial charge in [0, 0.05) is 19.6 Å². The Bertz CT molecular complexity index is 382. The largest absolute Gasteiger partial charge is 0.480 e. The summed E-state index contributed by atoms with van der Waals surface area (Å²) < 4.78 is 0. The van der Waals surface area contributed by atoms with Gasteiger partial charge in [0.25, 0.3) is 0 Å². The number of amides is 3. The summed E-state index contributed by atoms with van der Waals surface area (Å²) >= 11 is 0. The number of carbonyl (C=O) groups is 3. The van der Waals surface area contributed by atoms with Crippen molar-refractivity contribution in [1.82, 2.24) is 15.1 Å². The van der Waals surface area contributed by atoms with Gasteiger partial charge in [-0.1, -0.05) is 12.8 Å². The number of carboxylic acid groups (broad SMARTS) is 1. The number of rotatable bonds is 5. The highest BCUT2D eigenvalue weighted by molar-refractivity contribution is 5.86. The van der Waals surface area contributed by atoms with Crippen molar-refractivity contribution in [2.24, 2.45) is 0 Å². The average molecular weight is 299 g/mol. The molecule has 1 fully saturated rings. The van der Waals surface area contributed by atoms with Crippen LogP contribution in [0.3, 0.4) is 0 Å². The van der Waals surface area contributed by atoms with Crippen molar-refractivity contribution in [2.75, 3.05) is 26.2 Å². The quantitative estimate of drug-likeness (QED) is 0.789. The van der Waals surface area contributed by atoms with Crippen LogP contribution in [0.1, 0.15) is 39.5 Å². The molecule has 1 unspecified atom stereocenters. The van der Waals surface area contributed by atoms with E-state index in [9.17, 15) is 19.5 Å². The summed E-state index contributed by atoms with van der Waals surface area (Å²) in [6, 6.07) is -1.26. The molecule has 1 saturated heterocycles. The molecule has 0 saturated carbocycles. The minimum absolute atomic E-state index is 0.0939. The molecule has 1 aliphatic rings. The molecule has 0 aliphatic carbocycles. The van der Waals surface area contributed by atoms with Crippen LogP contribution >= 0.6 is 0 Å². The molecule has 120 valence electrons. The molecule has 0 spiro atoms. The highest BCUT2D eigenvalue weighted by Crippen LogP contribution is 2.17. The van der Waals surface area contributed by atoms with Gasteiger partial charge in [-0.15, -0.1) is 0 Å². The first kappa shape index (κ1) is 17.3. The van der Waals surface area contributed by atoms with Gasteiger partial charge in [-0.2, -0.15) is 0 Å². The van der Waals surface area contributed by atoms with Crippen LogP contribution in [0.5, 0.6) is 0 Å². The number of aliphatic carboxylic acids is 1. The van der Waals surface area contributed by atoms with Crippen molar-refractivity contribution in [1.29, 1.82) is 0 Å². The highest BCUT2D eigenvalue weighted by atomic mass is 16.4. The Morgan fingerprint density at radius 3 is 2.43 bits per heavy atom. The number of nitrogens with zero attached hydrogens (tertiary/aromatic N) is 2. The van der Waals surface area contributed by atoms with E-state index in [-0.39, 0.29) is 12.5 Å². The number of nitrogens with one attached hydrogen (secondary N) is 1. The minimum atomic E-state index is -0.984. The summed E-state index contributed by atoms with van der Waals surface area (Å²) in [4.78, 5) is 38.2. The van der Waals surface area contributed by atoms with Crippen LogP contribution in [-0.4, -0.2) is 65.0 Å². The van der Waals surface area contributed by atoms with Gasteiger partial charge in [0.05, 0.1) is 6.54 Å². The molecule has 7 nitrogen and oxygen atoms in total. The lowest BCUT2D eigenvalue weighted by Crippen LogP contribution is -2.51. The first-order valence-electron chi connectivity index (χ1n) is 7.56. The second kappa shape index (κ2) is 8.49. The predicted octanol–water partition coefficient (Wildman–Crippen LogP) is 0.894. The average Bonchev–Trinajstić information content (AvgIpc) is 2.71. The predicted molar refractivity (Wildman–Crippen MR) is 77.9 cm³/mol. The first-order chi connectivity index (χ1) is 10.0. The molecule has 1 atom stereocenters. The Kier molecular flexibility index (Phi) is 6.98. The Labute approximate surface area is 125 Å². The number of likely N-dealkylation sites (tertiary alicyclic amines) is 1. The third-order valence-electron chi connectivity index (χ3n) is 3.81. The van der Waals surface area contributed by atoms with E-state index >= 15 is 0 Å². The zero-order valence-electron chi connectivity index (χ0n) is 12.8.